The second-order valence-corrected chi connectivity index (χ2v) is 6.44. The van der Waals surface area contributed by atoms with Crippen LogP contribution in [-0.4, -0.2) is 68.8 Å². The van der Waals surface area contributed by atoms with E-state index in [2.05, 4.69) is 10.2 Å². The number of aryl methyl sites for hydroxylation is 1. The molecule has 0 aromatic heterocycles. The normalized spacial score (nSPS) is 19.1. The number of nitrogens with zero attached hydrogens (tertiary/aromatic N) is 2. The van der Waals surface area contributed by atoms with E-state index < -0.39 is 6.04 Å². The second kappa shape index (κ2) is 7.84. The smallest absolute Gasteiger partial charge is 0.265 e. The van der Waals surface area contributed by atoms with E-state index in [1.165, 1.54) is 4.90 Å². The molecule has 7 nitrogen and oxygen atoms in total. The minimum absolute atomic E-state index is 0.0402. The van der Waals surface area contributed by atoms with Gasteiger partial charge >= 0.3 is 0 Å². The van der Waals surface area contributed by atoms with E-state index in [-0.39, 0.29) is 18.4 Å². The largest absolute Gasteiger partial charge is 0.482 e. The Morgan fingerprint density at radius 2 is 2.08 bits per heavy atom. The molecule has 0 aliphatic carbocycles. The van der Waals surface area contributed by atoms with Gasteiger partial charge in [-0.15, -0.1) is 0 Å². The van der Waals surface area contributed by atoms with Gasteiger partial charge in [-0.3, -0.25) is 19.4 Å². The first-order valence-corrected chi connectivity index (χ1v) is 8.69. The number of hydrogen-bond donors (Lipinski definition) is 1. The van der Waals surface area contributed by atoms with Crippen LogP contribution in [0.2, 0.25) is 0 Å². The Balaban J connectivity index is 1.61. The highest BCUT2D eigenvalue weighted by atomic mass is 16.5. The number of rotatable bonds is 5. The summed E-state index contributed by atoms with van der Waals surface area (Å²) < 4.78 is 10.8. The van der Waals surface area contributed by atoms with E-state index in [1.54, 1.807) is 6.92 Å². The lowest BCUT2D eigenvalue weighted by Crippen LogP contribution is -2.52. The minimum atomic E-state index is -0.582. The van der Waals surface area contributed by atoms with Crippen molar-refractivity contribution in [3.05, 3.63) is 23.8 Å². The first kappa shape index (κ1) is 17.7. The number of nitrogens with one attached hydrogen (secondary N) is 1. The number of ether oxygens (including phenoxy) is 2. The molecule has 3 rings (SSSR count). The Bertz CT molecular complexity index is 643. The third-order valence-corrected chi connectivity index (χ3v) is 4.59. The first-order valence-electron chi connectivity index (χ1n) is 8.69. The van der Waals surface area contributed by atoms with Crippen LogP contribution in [0.15, 0.2) is 18.2 Å². The number of anilines is 1. The third kappa shape index (κ3) is 4.11. The lowest BCUT2D eigenvalue weighted by molar-refractivity contribution is -0.127. The fraction of sp³-hybridized carbons (Fsp3) is 0.556. The molecule has 2 amide bonds. The van der Waals surface area contributed by atoms with Crippen LogP contribution in [0.3, 0.4) is 0 Å². The number of carbonyl (C=O) groups excluding carboxylic acids is 2. The summed E-state index contributed by atoms with van der Waals surface area (Å²) in [6.45, 7) is 8.26. The van der Waals surface area contributed by atoms with Crippen LogP contribution >= 0.6 is 0 Å². The summed E-state index contributed by atoms with van der Waals surface area (Å²) in [5.74, 6) is 0.281. The summed E-state index contributed by atoms with van der Waals surface area (Å²) in [4.78, 5) is 28.7. The van der Waals surface area contributed by atoms with Crippen molar-refractivity contribution in [1.82, 2.24) is 10.2 Å². The van der Waals surface area contributed by atoms with E-state index in [0.717, 1.165) is 38.4 Å². The molecule has 0 spiro atoms. The average Bonchev–Trinajstić information content (AvgIpc) is 2.62. The molecular formula is C18H25N3O4. The van der Waals surface area contributed by atoms with E-state index in [9.17, 15) is 9.59 Å². The number of fused-ring (bicyclic) bond motifs is 1. The van der Waals surface area contributed by atoms with Gasteiger partial charge in [-0.1, -0.05) is 6.07 Å². The zero-order chi connectivity index (χ0) is 17.8. The summed E-state index contributed by atoms with van der Waals surface area (Å²) in [5, 5.41) is 2.94. The van der Waals surface area contributed by atoms with Gasteiger partial charge in [-0.25, -0.2) is 0 Å². The van der Waals surface area contributed by atoms with E-state index in [0.29, 0.717) is 18.0 Å². The fourth-order valence-corrected chi connectivity index (χ4v) is 3.13. The van der Waals surface area contributed by atoms with Crippen molar-refractivity contribution in [2.75, 3.05) is 50.9 Å². The molecule has 1 saturated heterocycles. The Morgan fingerprint density at radius 1 is 1.32 bits per heavy atom. The number of hydrogen-bond acceptors (Lipinski definition) is 5. The molecule has 2 aliphatic heterocycles. The van der Waals surface area contributed by atoms with Gasteiger partial charge in [-0.2, -0.15) is 0 Å². The Labute approximate surface area is 147 Å². The predicted molar refractivity (Wildman–Crippen MR) is 93.9 cm³/mol. The van der Waals surface area contributed by atoms with E-state index >= 15 is 0 Å². The lowest BCUT2D eigenvalue weighted by Gasteiger charge is -2.33. The van der Waals surface area contributed by atoms with Crippen LogP contribution in [0.1, 0.15) is 12.5 Å². The Morgan fingerprint density at radius 3 is 2.84 bits per heavy atom. The van der Waals surface area contributed by atoms with Crippen molar-refractivity contribution >= 4 is 17.5 Å². The Kier molecular flexibility index (Phi) is 5.55. The highest BCUT2D eigenvalue weighted by molar-refractivity contribution is 6.03. The number of benzene rings is 1. The molecule has 1 aromatic rings. The average molecular weight is 347 g/mol. The van der Waals surface area contributed by atoms with Crippen LogP contribution in [-0.2, 0) is 14.3 Å². The van der Waals surface area contributed by atoms with Gasteiger partial charge in [0.15, 0.2) is 6.61 Å². The van der Waals surface area contributed by atoms with Gasteiger partial charge in [0, 0.05) is 26.2 Å². The number of amides is 2. The molecule has 1 N–H and O–H groups in total. The Hall–Kier alpha value is -2.12. The molecule has 136 valence electrons. The van der Waals surface area contributed by atoms with Crippen LogP contribution in [0.5, 0.6) is 5.75 Å². The molecule has 7 heteroatoms. The van der Waals surface area contributed by atoms with Crippen LogP contribution < -0.4 is 15.0 Å². The van der Waals surface area contributed by atoms with E-state index in [4.69, 9.17) is 9.47 Å². The summed E-state index contributed by atoms with van der Waals surface area (Å²) in [6, 6.07) is 5.07. The molecule has 1 fully saturated rings. The SMILES string of the molecule is Cc1ccc2c(c1)N(C(C)C(=O)NCCN1CCOCC1)C(=O)CO2. The van der Waals surface area contributed by atoms with Gasteiger partial charge in [0.1, 0.15) is 11.8 Å². The highest BCUT2D eigenvalue weighted by Gasteiger charge is 2.33. The topological polar surface area (TPSA) is 71.1 Å². The monoisotopic (exact) mass is 347 g/mol. The predicted octanol–water partition coefficient (Wildman–Crippen LogP) is 0.557. The van der Waals surface area contributed by atoms with Crippen molar-refractivity contribution in [2.45, 2.75) is 19.9 Å². The molecule has 1 aromatic carbocycles. The molecule has 0 bridgehead atoms. The van der Waals surface area contributed by atoms with Crippen LogP contribution in [0, 0.1) is 6.92 Å². The minimum Gasteiger partial charge on any atom is -0.482 e. The quantitative estimate of drug-likeness (QED) is 0.843. The maximum atomic E-state index is 12.5. The third-order valence-electron chi connectivity index (χ3n) is 4.59. The first-order chi connectivity index (χ1) is 12.1. The van der Waals surface area contributed by atoms with Crippen LogP contribution in [0.25, 0.3) is 0 Å². The van der Waals surface area contributed by atoms with E-state index in [1.807, 2.05) is 25.1 Å². The fourth-order valence-electron chi connectivity index (χ4n) is 3.13. The van der Waals surface area contributed by atoms with Gasteiger partial charge in [-0.05, 0) is 31.5 Å². The number of morpholine rings is 1. The van der Waals surface area contributed by atoms with Crippen molar-refractivity contribution < 1.29 is 19.1 Å². The molecule has 2 heterocycles. The second-order valence-electron chi connectivity index (χ2n) is 6.44. The lowest BCUT2D eigenvalue weighted by atomic mass is 10.1. The standard InChI is InChI=1S/C18H25N3O4/c1-13-3-4-16-15(11-13)21(17(22)12-25-16)14(2)18(23)19-5-6-20-7-9-24-10-8-20/h3-4,11,14H,5-10,12H2,1-2H3,(H,19,23). The maximum absolute atomic E-state index is 12.5. The molecule has 2 aliphatic rings. The van der Waals surface area contributed by atoms with Crippen molar-refractivity contribution in [3.8, 4) is 5.75 Å². The summed E-state index contributed by atoms with van der Waals surface area (Å²) in [5.41, 5.74) is 1.68. The maximum Gasteiger partial charge on any atom is 0.265 e. The summed E-state index contributed by atoms with van der Waals surface area (Å²) in [6.07, 6.45) is 0. The van der Waals surface area contributed by atoms with Gasteiger partial charge in [0.25, 0.3) is 5.91 Å². The van der Waals surface area contributed by atoms with Gasteiger partial charge in [0.2, 0.25) is 5.91 Å². The van der Waals surface area contributed by atoms with Gasteiger partial charge in [0.05, 0.1) is 18.9 Å². The zero-order valence-corrected chi connectivity index (χ0v) is 14.8. The summed E-state index contributed by atoms with van der Waals surface area (Å²) in [7, 11) is 0. The molecule has 1 unspecified atom stereocenters. The highest BCUT2D eigenvalue weighted by Crippen LogP contribution is 2.34. The molecule has 1 atom stereocenters. The van der Waals surface area contributed by atoms with Gasteiger partial charge < -0.3 is 14.8 Å². The number of carbonyl (C=O) groups is 2. The van der Waals surface area contributed by atoms with Crippen molar-refractivity contribution in [3.63, 3.8) is 0 Å². The molecule has 0 radical (unpaired) electrons. The van der Waals surface area contributed by atoms with Crippen LogP contribution in [0.4, 0.5) is 5.69 Å². The zero-order valence-electron chi connectivity index (χ0n) is 14.8. The summed E-state index contributed by atoms with van der Waals surface area (Å²) >= 11 is 0. The molecule has 25 heavy (non-hydrogen) atoms. The van der Waals surface area contributed by atoms with Crippen molar-refractivity contribution in [1.29, 1.82) is 0 Å². The molecule has 0 saturated carbocycles. The molecular weight excluding hydrogens is 322 g/mol. The van der Waals surface area contributed by atoms with Crippen molar-refractivity contribution in [2.24, 2.45) is 0 Å².